The first-order valence-electron chi connectivity index (χ1n) is 7.72. The van der Waals surface area contributed by atoms with Crippen LogP contribution in [0.5, 0.6) is 0 Å². The first kappa shape index (κ1) is 15.7. The van der Waals surface area contributed by atoms with E-state index in [-0.39, 0.29) is 12.4 Å². The number of hydrogen-bond donors (Lipinski definition) is 3. The third-order valence-electron chi connectivity index (χ3n) is 4.19. The average Bonchev–Trinajstić information content (AvgIpc) is 3.18. The molecule has 23 heavy (non-hydrogen) atoms. The monoisotopic (exact) mass is 325 g/mol. The van der Waals surface area contributed by atoms with Crippen molar-refractivity contribution in [2.24, 2.45) is 0 Å². The Morgan fingerprint density at radius 1 is 0.913 bits per heavy atom. The van der Waals surface area contributed by atoms with Crippen LogP contribution in [0, 0.1) is 0 Å². The Morgan fingerprint density at radius 3 is 2.78 bits per heavy atom. The van der Waals surface area contributed by atoms with Crippen molar-refractivity contribution in [3.63, 3.8) is 0 Å². The predicted octanol–water partition coefficient (Wildman–Crippen LogP) is 4.40. The highest BCUT2D eigenvalue weighted by atomic mass is 35.5. The zero-order chi connectivity index (χ0) is 14.8. The molecule has 4 heteroatoms. The van der Waals surface area contributed by atoms with E-state index >= 15 is 0 Å². The Bertz CT molecular complexity index is 907. The summed E-state index contributed by atoms with van der Waals surface area (Å²) in [7, 11) is 0. The van der Waals surface area contributed by atoms with E-state index in [1.54, 1.807) is 0 Å². The largest absolute Gasteiger partial charge is 0.361 e. The number of para-hydroxylation sites is 1. The van der Waals surface area contributed by atoms with Crippen molar-refractivity contribution in [3.05, 3.63) is 72.1 Å². The first-order chi connectivity index (χ1) is 10.9. The molecule has 4 rings (SSSR count). The van der Waals surface area contributed by atoms with Crippen LogP contribution in [-0.2, 0) is 13.0 Å². The van der Waals surface area contributed by atoms with Gasteiger partial charge in [-0.25, -0.2) is 0 Å². The molecule has 2 aromatic carbocycles. The van der Waals surface area contributed by atoms with Gasteiger partial charge in [0.25, 0.3) is 0 Å². The standard InChI is InChI=1S/C19H19N3.ClH/c1-2-4-19-17(3-1)16(13-22-19)7-9-20-12-14-5-6-18-15(11-14)8-10-21-18;/h1-6,8,10-11,13,20-22H,7,9,12H2;1H. The lowest BCUT2D eigenvalue weighted by molar-refractivity contribution is 0.689. The molecule has 0 bridgehead atoms. The predicted molar refractivity (Wildman–Crippen MR) is 99.3 cm³/mol. The van der Waals surface area contributed by atoms with E-state index in [0.29, 0.717) is 0 Å². The highest BCUT2D eigenvalue weighted by Gasteiger charge is 2.02. The van der Waals surface area contributed by atoms with E-state index in [4.69, 9.17) is 0 Å². The number of nitrogens with one attached hydrogen (secondary N) is 3. The van der Waals surface area contributed by atoms with E-state index in [1.165, 1.54) is 32.9 Å². The van der Waals surface area contributed by atoms with Crippen LogP contribution in [0.1, 0.15) is 11.1 Å². The molecule has 0 saturated heterocycles. The quantitative estimate of drug-likeness (QED) is 0.468. The van der Waals surface area contributed by atoms with E-state index in [0.717, 1.165) is 19.5 Å². The number of rotatable bonds is 5. The van der Waals surface area contributed by atoms with Crippen molar-refractivity contribution in [2.75, 3.05) is 6.54 Å². The van der Waals surface area contributed by atoms with Gasteiger partial charge >= 0.3 is 0 Å². The van der Waals surface area contributed by atoms with Gasteiger partial charge in [0.15, 0.2) is 0 Å². The summed E-state index contributed by atoms with van der Waals surface area (Å²) in [5, 5.41) is 6.14. The second-order valence-electron chi connectivity index (χ2n) is 5.69. The van der Waals surface area contributed by atoms with E-state index in [1.807, 2.05) is 6.20 Å². The van der Waals surface area contributed by atoms with Crippen LogP contribution < -0.4 is 5.32 Å². The molecule has 3 N–H and O–H groups in total. The molecule has 0 fully saturated rings. The first-order valence-corrected chi connectivity index (χ1v) is 7.72. The van der Waals surface area contributed by atoms with E-state index < -0.39 is 0 Å². The molecule has 0 saturated carbocycles. The van der Waals surface area contributed by atoms with Gasteiger partial charge < -0.3 is 15.3 Å². The van der Waals surface area contributed by atoms with Crippen molar-refractivity contribution in [1.82, 2.24) is 15.3 Å². The zero-order valence-corrected chi connectivity index (χ0v) is 13.6. The fourth-order valence-corrected chi connectivity index (χ4v) is 3.01. The highest BCUT2D eigenvalue weighted by molar-refractivity contribution is 5.85. The topological polar surface area (TPSA) is 43.6 Å². The number of hydrogen-bond acceptors (Lipinski definition) is 1. The van der Waals surface area contributed by atoms with Crippen molar-refractivity contribution in [3.8, 4) is 0 Å². The fourth-order valence-electron chi connectivity index (χ4n) is 3.01. The van der Waals surface area contributed by atoms with Gasteiger partial charge in [-0.1, -0.05) is 24.3 Å². The maximum absolute atomic E-state index is 3.54. The van der Waals surface area contributed by atoms with Crippen LogP contribution in [0.25, 0.3) is 21.8 Å². The number of aromatic amines is 2. The lowest BCUT2D eigenvalue weighted by Crippen LogP contribution is -2.16. The summed E-state index contributed by atoms with van der Waals surface area (Å²) in [6, 6.07) is 17.1. The van der Waals surface area contributed by atoms with Crippen LogP contribution in [0.3, 0.4) is 0 Å². The third-order valence-corrected chi connectivity index (χ3v) is 4.19. The summed E-state index contributed by atoms with van der Waals surface area (Å²) in [4.78, 5) is 6.56. The van der Waals surface area contributed by atoms with Crippen molar-refractivity contribution >= 4 is 34.2 Å². The van der Waals surface area contributed by atoms with Crippen LogP contribution >= 0.6 is 12.4 Å². The zero-order valence-electron chi connectivity index (χ0n) is 12.8. The van der Waals surface area contributed by atoms with Gasteiger partial charge in [-0.2, -0.15) is 0 Å². The SMILES string of the molecule is Cl.c1ccc2c(CCNCc3ccc4[nH]ccc4c3)c[nH]c2c1. The fraction of sp³-hybridized carbons (Fsp3) is 0.158. The maximum Gasteiger partial charge on any atom is 0.0456 e. The van der Waals surface area contributed by atoms with Crippen molar-refractivity contribution in [2.45, 2.75) is 13.0 Å². The lowest BCUT2D eigenvalue weighted by atomic mass is 10.1. The Morgan fingerprint density at radius 2 is 1.83 bits per heavy atom. The Hall–Kier alpha value is -2.23. The molecule has 0 unspecified atom stereocenters. The lowest BCUT2D eigenvalue weighted by Gasteiger charge is -2.05. The summed E-state index contributed by atoms with van der Waals surface area (Å²) in [6.07, 6.45) is 5.15. The van der Waals surface area contributed by atoms with Crippen LogP contribution in [0.15, 0.2) is 60.9 Å². The Labute approximate surface area is 141 Å². The van der Waals surface area contributed by atoms with Gasteiger partial charge in [-0.3, -0.25) is 0 Å². The average molecular weight is 326 g/mol. The van der Waals surface area contributed by atoms with Crippen molar-refractivity contribution < 1.29 is 0 Å². The molecule has 118 valence electrons. The minimum absolute atomic E-state index is 0. The normalized spacial score (nSPS) is 11.0. The highest BCUT2D eigenvalue weighted by Crippen LogP contribution is 2.18. The number of fused-ring (bicyclic) bond motifs is 2. The number of aromatic nitrogens is 2. The van der Waals surface area contributed by atoms with Gasteiger partial charge in [-0.05, 0) is 53.7 Å². The molecule has 2 heterocycles. The molecule has 0 radical (unpaired) electrons. The van der Waals surface area contributed by atoms with Gasteiger partial charge in [0.05, 0.1) is 0 Å². The van der Waals surface area contributed by atoms with Crippen LogP contribution in [-0.4, -0.2) is 16.5 Å². The molecule has 0 atom stereocenters. The number of benzene rings is 2. The summed E-state index contributed by atoms with van der Waals surface area (Å²) >= 11 is 0. The maximum atomic E-state index is 3.54. The van der Waals surface area contributed by atoms with Crippen LogP contribution in [0.2, 0.25) is 0 Å². The summed E-state index contributed by atoms with van der Waals surface area (Å²) in [6.45, 7) is 1.89. The van der Waals surface area contributed by atoms with E-state index in [2.05, 4.69) is 70.0 Å². The molecule has 4 aromatic rings. The summed E-state index contributed by atoms with van der Waals surface area (Å²) in [5.74, 6) is 0. The van der Waals surface area contributed by atoms with Gasteiger partial charge in [0.2, 0.25) is 0 Å². The van der Waals surface area contributed by atoms with E-state index in [9.17, 15) is 0 Å². The molecule has 0 aliphatic heterocycles. The molecular weight excluding hydrogens is 306 g/mol. The summed E-state index contributed by atoms with van der Waals surface area (Å²) in [5.41, 5.74) is 5.12. The second kappa shape index (κ2) is 6.90. The molecule has 0 spiro atoms. The van der Waals surface area contributed by atoms with Gasteiger partial charge in [-0.15, -0.1) is 12.4 Å². The summed E-state index contributed by atoms with van der Waals surface area (Å²) < 4.78 is 0. The molecule has 2 aromatic heterocycles. The molecular formula is C19H20ClN3. The molecule has 0 amide bonds. The number of H-pyrrole nitrogens is 2. The minimum atomic E-state index is 0. The van der Waals surface area contributed by atoms with Gasteiger partial charge in [0.1, 0.15) is 0 Å². The Balaban J connectivity index is 0.00000156. The molecule has 0 aliphatic carbocycles. The van der Waals surface area contributed by atoms with Crippen LogP contribution in [0.4, 0.5) is 0 Å². The van der Waals surface area contributed by atoms with Gasteiger partial charge in [0, 0.05) is 35.4 Å². The second-order valence-corrected chi connectivity index (χ2v) is 5.69. The minimum Gasteiger partial charge on any atom is -0.361 e. The number of halogens is 1. The Kier molecular flexibility index (Phi) is 4.70. The smallest absolute Gasteiger partial charge is 0.0456 e. The third kappa shape index (κ3) is 3.26. The molecule has 3 nitrogen and oxygen atoms in total. The molecule has 0 aliphatic rings. The van der Waals surface area contributed by atoms with Crippen molar-refractivity contribution in [1.29, 1.82) is 0 Å².